The number of carbonyl (C=O) groups is 2. The zero-order valence-electron chi connectivity index (χ0n) is 17.7. The Bertz CT molecular complexity index is 1040. The Morgan fingerprint density at radius 2 is 1.90 bits per heavy atom. The minimum absolute atomic E-state index is 0.00700. The second kappa shape index (κ2) is 8.07. The molecule has 2 aliphatic rings. The number of pyridine rings is 1. The third-order valence-corrected chi connectivity index (χ3v) is 4.92. The van der Waals surface area contributed by atoms with Crippen molar-refractivity contribution in [2.45, 2.75) is 39.1 Å². The van der Waals surface area contributed by atoms with Crippen molar-refractivity contribution in [1.29, 1.82) is 0 Å². The Balaban J connectivity index is 1.78. The molecule has 9 heteroatoms. The van der Waals surface area contributed by atoms with Gasteiger partial charge in [-0.05, 0) is 26.3 Å². The smallest absolute Gasteiger partial charge is 0.431 e. The van der Waals surface area contributed by atoms with Gasteiger partial charge in [-0.15, -0.1) is 0 Å². The van der Waals surface area contributed by atoms with Crippen LogP contribution in [0.4, 0.5) is 4.79 Å². The van der Waals surface area contributed by atoms with E-state index in [9.17, 15) is 14.4 Å². The molecule has 4 rings (SSSR count). The molecule has 0 aliphatic carbocycles. The van der Waals surface area contributed by atoms with Crippen LogP contribution in [-0.2, 0) is 16.1 Å². The van der Waals surface area contributed by atoms with Crippen molar-refractivity contribution in [3.63, 3.8) is 0 Å². The number of rotatable bonds is 3. The Kier molecular flexibility index (Phi) is 5.45. The fourth-order valence-corrected chi connectivity index (χ4v) is 3.58. The molecule has 9 nitrogen and oxygen atoms in total. The highest BCUT2D eigenvalue weighted by atomic mass is 16.6. The van der Waals surface area contributed by atoms with Crippen LogP contribution >= 0.6 is 0 Å². The molecule has 164 valence electrons. The van der Waals surface area contributed by atoms with Crippen LogP contribution in [0, 0.1) is 0 Å². The predicted molar refractivity (Wildman–Crippen MR) is 112 cm³/mol. The van der Waals surface area contributed by atoms with Crippen LogP contribution in [0.3, 0.4) is 0 Å². The van der Waals surface area contributed by atoms with E-state index in [4.69, 9.17) is 14.2 Å². The van der Waals surface area contributed by atoms with Crippen molar-refractivity contribution in [2.75, 3.05) is 24.8 Å². The van der Waals surface area contributed by atoms with Crippen LogP contribution in [0.2, 0.25) is 0 Å². The fraction of sp³-hybridized carbons (Fsp3) is 0.409. The number of fused-ring (bicyclic) bond motifs is 2. The number of amides is 2. The van der Waals surface area contributed by atoms with Crippen LogP contribution in [0.25, 0.3) is 0 Å². The summed E-state index contributed by atoms with van der Waals surface area (Å²) in [5.41, 5.74) is -0.343. The van der Waals surface area contributed by atoms with Crippen LogP contribution in [0.1, 0.15) is 36.8 Å². The Labute approximate surface area is 179 Å². The molecule has 3 heterocycles. The van der Waals surface area contributed by atoms with E-state index in [1.54, 1.807) is 20.8 Å². The topological polar surface area (TPSA) is 90.3 Å². The zero-order valence-corrected chi connectivity index (χ0v) is 17.7. The number of hydrogen-bond donors (Lipinski definition) is 0. The summed E-state index contributed by atoms with van der Waals surface area (Å²) in [7, 11) is 0. The summed E-state index contributed by atoms with van der Waals surface area (Å²) in [6.45, 7) is 6.14. The maximum atomic E-state index is 13.3. The molecule has 0 bridgehead atoms. The largest absolute Gasteiger partial charge is 0.482 e. The number of nitrogens with zero attached hydrogens (tertiary/aromatic N) is 3. The summed E-state index contributed by atoms with van der Waals surface area (Å²) >= 11 is 0. The Morgan fingerprint density at radius 1 is 1.16 bits per heavy atom. The Hall–Kier alpha value is -3.33. The predicted octanol–water partition coefficient (Wildman–Crippen LogP) is 2.11. The van der Waals surface area contributed by atoms with E-state index in [1.807, 2.05) is 30.3 Å². The van der Waals surface area contributed by atoms with Gasteiger partial charge >= 0.3 is 6.09 Å². The summed E-state index contributed by atoms with van der Waals surface area (Å²) in [6, 6.07) is 10.6. The van der Waals surface area contributed by atoms with E-state index in [0.717, 1.165) is 5.56 Å². The van der Waals surface area contributed by atoms with Crippen molar-refractivity contribution in [3.8, 4) is 5.75 Å². The summed E-state index contributed by atoms with van der Waals surface area (Å²) < 4.78 is 18.2. The molecule has 0 spiro atoms. The van der Waals surface area contributed by atoms with Crippen molar-refractivity contribution < 1.29 is 23.8 Å². The highest BCUT2D eigenvalue weighted by molar-refractivity contribution is 5.98. The van der Waals surface area contributed by atoms with Gasteiger partial charge in [0.2, 0.25) is 5.43 Å². The normalized spacial score (nSPS) is 18.3. The van der Waals surface area contributed by atoms with E-state index >= 15 is 0 Å². The van der Waals surface area contributed by atoms with Gasteiger partial charge in [-0.2, -0.15) is 5.01 Å². The second-order valence-electron chi connectivity index (χ2n) is 8.36. The maximum absolute atomic E-state index is 13.3. The minimum atomic E-state index is -0.745. The third-order valence-electron chi connectivity index (χ3n) is 4.92. The lowest BCUT2D eigenvalue weighted by Gasteiger charge is -2.46. The summed E-state index contributed by atoms with van der Waals surface area (Å²) in [6.07, 6.45) is 0.0494. The molecule has 0 unspecified atom stereocenters. The quantitative estimate of drug-likeness (QED) is 0.745. The first-order valence-corrected chi connectivity index (χ1v) is 10.1. The van der Waals surface area contributed by atoms with Crippen molar-refractivity contribution >= 4 is 12.0 Å². The maximum Gasteiger partial charge on any atom is 0.431 e. The number of carbonyl (C=O) groups excluding carboxylic acids is 2. The van der Waals surface area contributed by atoms with Gasteiger partial charge in [0, 0.05) is 18.8 Å². The molecule has 1 saturated heterocycles. The highest BCUT2D eigenvalue weighted by Gasteiger charge is 2.45. The monoisotopic (exact) mass is 427 g/mol. The lowest BCUT2D eigenvalue weighted by atomic mass is 10.2. The van der Waals surface area contributed by atoms with E-state index in [1.165, 1.54) is 26.8 Å². The van der Waals surface area contributed by atoms with E-state index in [-0.39, 0.29) is 31.2 Å². The lowest BCUT2D eigenvalue weighted by Crippen LogP contribution is -2.67. The van der Waals surface area contributed by atoms with Gasteiger partial charge in [0.25, 0.3) is 5.91 Å². The van der Waals surface area contributed by atoms with Crippen LogP contribution in [-0.4, -0.2) is 53.1 Å². The van der Waals surface area contributed by atoms with Crippen LogP contribution in [0.5, 0.6) is 5.75 Å². The summed E-state index contributed by atoms with van der Waals surface area (Å²) in [5, 5.41) is 1.30. The van der Waals surface area contributed by atoms with Gasteiger partial charge in [-0.3, -0.25) is 9.59 Å². The molecular formula is C22H25N3O6. The average molecular weight is 427 g/mol. The molecule has 1 atom stereocenters. The number of aromatic nitrogens is 1. The molecule has 1 aromatic heterocycles. The van der Waals surface area contributed by atoms with Crippen molar-refractivity contribution in [3.05, 3.63) is 64.1 Å². The van der Waals surface area contributed by atoms with Gasteiger partial charge in [0.1, 0.15) is 12.2 Å². The number of morpholine rings is 1. The van der Waals surface area contributed by atoms with Gasteiger partial charge in [0.05, 0.1) is 13.2 Å². The molecule has 1 aromatic carbocycles. The molecule has 2 aliphatic heterocycles. The molecule has 0 radical (unpaired) electrons. The molecule has 0 N–H and O–H groups in total. The zero-order chi connectivity index (χ0) is 22.2. The van der Waals surface area contributed by atoms with E-state index in [2.05, 4.69) is 0 Å². The number of benzene rings is 1. The van der Waals surface area contributed by atoms with Gasteiger partial charge < -0.3 is 19.1 Å². The molecule has 2 amide bonds. The first kappa shape index (κ1) is 20.9. The summed E-state index contributed by atoms with van der Waals surface area (Å²) in [5.74, 6) is -0.497. The second-order valence-corrected chi connectivity index (χ2v) is 8.36. The van der Waals surface area contributed by atoms with E-state index in [0.29, 0.717) is 6.61 Å². The first-order chi connectivity index (χ1) is 14.8. The molecule has 31 heavy (non-hydrogen) atoms. The molecule has 2 aromatic rings. The van der Waals surface area contributed by atoms with Crippen molar-refractivity contribution in [2.24, 2.45) is 0 Å². The average Bonchev–Trinajstić information content (AvgIpc) is 2.73. The standard InChI is InChI=1S/C22H25N3O6/c1-22(2,3)31-21(28)25-17-14-29-12-11-23(17)20(27)18-19(16(26)9-10-24(18)25)30-13-15-7-5-4-6-8-15/h4-10,17H,11-14H2,1-3H3/t17-/m1/s1. The van der Waals surface area contributed by atoms with Gasteiger partial charge in [-0.25, -0.2) is 9.47 Å². The molecule has 0 saturated carbocycles. The van der Waals surface area contributed by atoms with Gasteiger partial charge in [-0.1, -0.05) is 30.3 Å². The van der Waals surface area contributed by atoms with Crippen molar-refractivity contribution in [1.82, 2.24) is 9.58 Å². The van der Waals surface area contributed by atoms with Crippen LogP contribution in [0.15, 0.2) is 47.4 Å². The third kappa shape index (κ3) is 4.13. The van der Waals surface area contributed by atoms with Crippen LogP contribution < -0.4 is 15.2 Å². The number of hydrogen-bond acceptors (Lipinski definition) is 6. The Morgan fingerprint density at radius 3 is 2.61 bits per heavy atom. The molecular weight excluding hydrogens is 402 g/mol. The minimum Gasteiger partial charge on any atom is -0.482 e. The highest BCUT2D eigenvalue weighted by Crippen LogP contribution is 2.28. The summed E-state index contributed by atoms with van der Waals surface area (Å²) in [4.78, 5) is 40.6. The fourth-order valence-electron chi connectivity index (χ4n) is 3.58. The van der Waals surface area contributed by atoms with E-state index < -0.39 is 29.2 Å². The number of ether oxygens (including phenoxy) is 3. The first-order valence-electron chi connectivity index (χ1n) is 10.1. The SMILES string of the molecule is CC(C)(C)OC(=O)N1[C@@H]2COCCN2C(=O)c2c(OCc3ccccc3)c(=O)ccn21. The molecule has 1 fully saturated rings. The van der Waals surface area contributed by atoms with Gasteiger partial charge in [0.15, 0.2) is 17.6 Å². The lowest BCUT2D eigenvalue weighted by molar-refractivity contribution is -0.0224.